The predicted molar refractivity (Wildman–Crippen MR) is 79.4 cm³/mol. The van der Waals surface area contributed by atoms with Gasteiger partial charge < -0.3 is 10.5 Å². The fraction of sp³-hybridized carbons (Fsp3) is 0.600. The number of hydrogen-bond acceptors (Lipinski definition) is 2. The Morgan fingerprint density at radius 1 is 1.28 bits per heavy atom. The van der Waals surface area contributed by atoms with Crippen LogP contribution in [0.1, 0.15) is 42.4 Å². The summed E-state index contributed by atoms with van der Waals surface area (Å²) in [5.74, 6) is 0.986. The van der Waals surface area contributed by atoms with Crippen LogP contribution in [0.25, 0.3) is 0 Å². The van der Waals surface area contributed by atoms with E-state index in [0.717, 1.165) is 10.2 Å². The molecule has 100 valence electrons. The van der Waals surface area contributed by atoms with Gasteiger partial charge in [-0.1, -0.05) is 18.9 Å². The maximum absolute atomic E-state index is 6.11. The summed E-state index contributed by atoms with van der Waals surface area (Å²) in [6.45, 7) is 4.99. The summed E-state index contributed by atoms with van der Waals surface area (Å²) in [6.07, 6.45) is 4.89. The molecule has 0 spiro atoms. The number of nitrogens with two attached hydrogens (primary N) is 1. The van der Waals surface area contributed by atoms with Gasteiger partial charge in [0.1, 0.15) is 5.75 Å². The Bertz CT molecular complexity index is 450. The van der Waals surface area contributed by atoms with E-state index < -0.39 is 0 Å². The van der Waals surface area contributed by atoms with Crippen LogP contribution in [0, 0.1) is 13.8 Å². The molecule has 0 radical (unpaired) electrons. The molecular weight excluding hydrogens is 290 g/mol. The fourth-order valence-electron chi connectivity index (χ4n) is 3.39. The second-order valence-corrected chi connectivity index (χ2v) is 6.22. The third-order valence-electron chi connectivity index (χ3n) is 4.29. The molecule has 0 heterocycles. The summed E-state index contributed by atoms with van der Waals surface area (Å²) < 4.78 is 6.75. The van der Waals surface area contributed by atoms with Gasteiger partial charge in [0.15, 0.2) is 0 Å². The molecule has 0 unspecified atom stereocenters. The number of rotatable bonds is 3. The maximum Gasteiger partial charge on any atom is 0.137 e. The predicted octanol–water partition coefficient (Wildman–Crippen LogP) is 3.85. The molecule has 1 aromatic carbocycles. The molecule has 2 N–H and O–H groups in total. The van der Waals surface area contributed by atoms with Gasteiger partial charge in [-0.3, -0.25) is 0 Å². The molecule has 1 aliphatic carbocycles. The highest BCUT2D eigenvalue weighted by Crippen LogP contribution is 2.48. The quantitative estimate of drug-likeness (QED) is 0.920. The topological polar surface area (TPSA) is 35.2 Å². The van der Waals surface area contributed by atoms with Crippen LogP contribution in [-0.4, -0.2) is 13.7 Å². The molecule has 0 atom stereocenters. The molecule has 2 nitrogen and oxygen atoms in total. The van der Waals surface area contributed by atoms with E-state index in [1.54, 1.807) is 7.11 Å². The summed E-state index contributed by atoms with van der Waals surface area (Å²) in [5, 5.41) is 0. The third-order valence-corrected chi connectivity index (χ3v) is 5.27. The lowest BCUT2D eigenvalue weighted by molar-refractivity contribution is 0.373. The number of ether oxygens (including phenoxy) is 1. The number of halogens is 1. The average molecular weight is 312 g/mol. The highest BCUT2D eigenvalue weighted by Gasteiger charge is 2.38. The summed E-state index contributed by atoms with van der Waals surface area (Å²) in [4.78, 5) is 0. The fourth-order valence-corrected chi connectivity index (χ4v) is 3.86. The van der Waals surface area contributed by atoms with Gasteiger partial charge in [0.25, 0.3) is 0 Å². The molecule has 0 aromatic heterocycles. The van der Waals surface area contributed by atoms with Crippen molar-refractivity contribution in [3.8, 4) is 5.75 Å². The maximum atomic E-state index is 6.11. The molecule has 0 aliphatic heterocycles. The zero-order chi connectivity index (χ0) is 13.3. The Labute approximate surface area is 118 Å². The first-order valence-corrected chi connectivity index (χ1v) is 7.39. The van der Waals surface area contributed by atoms with Crippen LogP contribution in [0.2, 0.25) is 0 Å². The van der Waals surface area contributed by atoms with Crippen molar-refractivity contribution in [3.63, 3.8) is 0 Å². The van der Waals surface area contributed by atoms with Crippen molar-refractivity contribution in [2.45, 2.75) is 44.9 Å². The Hall–Kier alpha value is -0.540. The van der Waals surface area contributed by atoms with E-state index in [1.165, 1.54) is 42.4 Å². The number of aryl methyl sites for hydroxylation is 2. The van der Waals surface area contributed by atoms with E-state index in [4.69, 9.17) is 10.5 Å². The molecule has 0 amide bonds. The van der Waals surface area contributed by atoms with Crippen LogP contribution in [0.4, 0.5) is 0 Å². The van der Waals surface area contributed by atoms with Crippen molar-refractivity contribution < 1.29 is 4.74 Å². The van der Waals surface area contributed by atoms with Crippen LogP contribution >= 0.6 is 15.9 Å². The lowest BCUT2D eigenvalue weighted by Gasteiger charge is -2.32. The Morgan fingerprint density at radius 3 is 2.39 bits per heavy atom. The molecule has 18 heavy (non-hydrogen) atoms. The molecule has 0 saturated heterocycles. The van der Waals surface area contributed by atoms with E-state index in [1.807, 2.05) is 0 Å². The summed E-state index contributed by atoms with van der Waals surface area (Å²) in [5.41, 5.74) is 10.1. The highest BCUT2D eigenvalue weighted by molar-refractivity contribution is 9.10. The molecule has 1 aromatic rings. The smallest absolute Gasteiger partial charge is 0.137 e. The van der Waals surface area contributed by atoms with Gasteiger partial charge in [0.2, 0.25) is 0 Å². The van der Waals surface area contributed by atoms with E-state index in [0.29, 0.717) is 6.54 Å². The van der Waals surface area contributed by atoms with Crippen LogP contribution in [0.5, 0.6) is 5.75 Å². The molecule has 2 rings (SSSR count). The molecule has 0 bridgehead atoms. The van der Waals surface area contributed by atoms with Crippen molar-refractivity contribution in [3.05, 3.63) is 27.2 Å². The average Bonchev–Trinajstić information content (AvgIpc) is 2.83. The highest BCUT2D eigenvalue weighted by atomic mass is 79.9. The zero-order valence-corrected chi connectivity index (χ0v) is 13.1. The van der Waals surface area contributed by atoms with E-state index >= 15 is 0 Å². The minimum Gasteiger partial charge on any atom is -0.495 e. The summed E-state index contributed by atoms with van der Waals surface area (Å²) in [7, 11) is 1.75. The SMILES string of the molecule is COc1c(Br)c(C)cc(C)c1C1(CN)CCCC1. The number of benzene rings is 1. The van der Waals surface area contributed by atoms with Crippen molar-refractivity contribution in [2.75, 3.05) is 13.7 Å². The largest absolute Gasteiger partial charge is 0.495 e. The van der Waals surface area contributed by atoms with Gasteiger partial charge in [-0.15, -0.1) is 0 Å². The lowest BCUT2D eigenvalue weighted by atomic mass is 9.76. The van der Waals surface area contributed by atoms with Crippen LogP contribution in [0.3, 0.4) is 0 Å². The van der Waals surface area contributed by atoms with Crippen LogP contribution < -0.4 is 10.5 Å². The van der Waals surface area contributed by atoms with Gasteiger partial charge in [0.05, 0.1) is 11.6 Å². The van der Waals surface area contributed by atoms with Gasteiger partial charge in [-0.2, -0.15) is 0 Å². The van der Waals surface area contributed by atoms with Crippen molar-refractivity contribution in [1.29, 1.82) is 0 Å². The van der Waals surface area contributed by atoms with Gasteiger partial charge in [-0.25, -0.2) is 0 Å². The van der Waals surface area contributed by atoms with Gasteiger partial charge in [0, 0.05) is 17.5 Å². The number of methoxy groups -OCH3 is 1. The second kappa shape index (κ2) is 5.22. The minimum absolute atomic E-state index is 0.117. The molecular formula is C15H22BrNO. The zero-order valence-electron chi connectivity index (χ0n) is 11.5. The first-order valence-electron chi connectivity index (χ1n) is 6.60. The molecule has 1 fully saturated rings. The van der Waals surface area contributed by atoms with E-state index in [-0.39, 0.29) is 5.41 Å². The Kier molecular flexibility index (Phi) is 4.02. The Balaban J connectivity index is 2.65. The summed E-state index contributed by atoms with van der Waals surface area (Å²) in [6, 6.07) is 2.23. The number of hydrogen-bond donors (Lipinski definition) is 1. The molecule has 1 saturated carbocycles. The van der Waals surface area contributed by atoms with Crippen molar-refractivity contribution >= 4 is 15.9 Å². The van der Waals surface area contributed by atoms with E-state index in [2.05, 4.69) is 35.8 Å². The van der Waals surface area contributed by atoms with Crippen LogP contribution in [-0.2, 0) is 5.41 Å². The van der Waals surface area contributed by atoms with E-state index in [9.17, 15) is 0 Å². The monoisotopic (exact) mass is 311 g/mol. The van der Waals surface area contributed by atoms with Crippen molar-refractivity contribution in [2.24, 2.45) is 5.73 Å². The summed E-state index contributed by atoms with van der Waals surface area (Å²) >= 11 is 3.66. The first kappa shape index (κ1) is 13.9. The third kappa shape index (κ3) is 2.08. The standard InChI is InChI=1S/C15H22BrNO/c1-10-8-11(2)13(16)14(18-3)12(10)15(9-17)6-4-5-7-15/h8H,4-7,9,17H2,1-3H3. The molecule has 3 heteroatoms. The minimum atomic E-state index is 0.117. The second-order valence-electron chi connectivity index (χ2n) is 5.42. The van der Waals surface area contributed by atoms with Crippen LogP contribution in [0.15, 0.2) is 10.5 Å². The normalized spacial score (nSPS) is 18.1. The van der Waals surface area contributed by atoms with Gasteiger partial charge >= 0.3 is 0 Å². The lowest BCUT2D eigenvalue weighted by Crippen LogP contribution is -2.33. The molecule has 1 aliphatic rings. The van der Waals surface area contributed by atoms with Crippen molar-refractivity contribution in [1.82, 2.24) is 0 Å². The van der Waals surface area contributed by atoms with Gasteiger partial charge in [-0.05, 0) is 53.7 Å². The first-order chi connectivity index (χ1) is 8.55. The Morgan fingerprint density at radius 2 is 1.89 bits per heavy atom.